The fourth-order valence-corrected chi connectivity index (χ4v) is 2.04. The highest BCUT2D eigenvalue weighted by atomic mass is 16.5. The van der Waals surface area contributed by atoms with Crippen LogP contribution in [0.15, 0.2) is 4.52 Å². The third-order valence-electron chi connectivity index (χ3n) is 3.44. The third-order valence-corrected chi connectivity index (χ3v) is 3.44. The van der Waals surface area contributed by atoms with Crippen LogP contribution in [0.5, 0.6) is 0 Å². The molecule has 6 heteroatoms. The predicted molar refractivity (Wildman–Crippen MR) is 73.1 cm³/mol. The lowest BCUT2D eigenvalue weighted by Crippen LogP contribution is -2.38. The van der Waals surface area contributed by atoms with Crippen LogP contribution in [0.1, 0.15) is 50.7 Å². The minimum atomic E-state index is -0.924. The molecule has 1 amide bonds. The molecule has 1 aromatic rings. The molecule has 0 radical (unpaired) electrons. The molecule has 0 saturated heterocycles. The van der Waals surface area contributed by atoms with E-state index in [1.54, 1.807) is 7.05 Å². The standard InChI is InChI=1S/C14H23N3O3/c1-9(2)8-11(18)14(19)17(3)7-6-12-15-13(20-16-12)10-4-5-10/h9-11,18H,4-8H2,1-3H3. The fourth-order valence-electron chi connectivity index (χ4n) is 2.04. The SMILES string of the molecule is CC(C)CC(O)C(=O)N(C)CCc1noc(C2CC2)n1. The predicted octanol–water partition coefficient (Wildman–Crippen LogP) is 1.35. The number of carbonyl (C=O) groups is 1. The van der Waals surface area contributed by atoms with E-state index < -0.39 is 6.10 Å². The van der Waals surface area contributed by atoms with Gasteiger partial charge in [0.15, 0.2) is 5.82 Å². The van der Waals surface area contributed by atoms with E-state index >= 15 is 0 Å². The number of aromatic nitrogens is 2. The summed E-state index contributed by atoms with van der Waals surface area (Å²) in [5, 5.41) is 13.7. The first-order valence-electron chi connectivity index (χ1n) is 7.23. The summed E-state index contributed by atoms with van der Waals surface area (Å²) < 4.78 is 5.17. The first-order valence-corrected chi connectivity index (χ1v) is 7.23. The maximum atomic E-state index is 11.9. The van der Waals surface area contributed by atoms with Gasteiger partial charge >= 0.3 is 0 Å². The molecule has 1 fully saturated rings. The highest BCUT2D eigenvalue weighted by Gasteiger charge is 2.29. The minimum Gasteiger partial charge on any atom is -0.383 e. The second-order valence-corrected chi connectivity index (χ2v) is 5.98. The van der Waals surface area contributed by atoms with Gasteiger partial charge in [0.25, 0.3) is 5.91 Å². The van der Waals surface area contributed by atoms with E-state index in [1.807, 2.05) is 13.8 Å². The zero-order chi connectivity index (χ0) is 14.7. The van der Waals surface area contributed by atoms with Crippen LogP contribution in [0.2, 0.25) is 0 Å². The molecule has 1 aliphatic rings. The molecule has 0 aliphatic heterocycles. The van der Waals surface area contributed by atoms with E-state index in [0.29, 0.717) is 42.9 Å². The number of carbonyl (C=O) groups excluding carboxylic acids is 1. The summed E-state index contributed by atoms with van der Waals surface area (Å²) in [5.74, 6) is 1.84. The average Bonchev–Trinajstić information content (AvgIpc) is 3.13. The molecule has 0 spiro atoms. The van der Waals surface area contributed by atoms with Crippen molar-refractivity contribution in [1.29, 1.82) is 0 Å². The summed E-state index contributed by atoms with van der Waals surface area (Å²) in [6.45, 7) is 4.45. The first-order chi connectivity index (χ1) is 9.47. The lowest BCUT2D eigenvalue weighted by Gasteiger charge is -2.21. The van der Waals surface area contributed by atoms with Gasteiger partial charge in [-0.2, -0.15) is 4.98 Å². The Labute approximate surface area is 119 Å². The van der Waals surface area contributed by atoms with Crippen molar-refractivity contribution < 1.29 is 14.4 Å². The quantitative estimate of drug-likeness (QED) is 0.816. The molecule has 112 valence electrons. The Hall–Kier alpha value is -1.43. The lowest BCUT2D eigenvalue weighted by molar-refractivity contribution is -0.139. The Kier molecular flexibility index (Phi) is 4.75. The zero-order valence-corrected chi connectivity index (χ0v) is 12.4. The molecule has 1 heterocycles. The zero-order valence-electron chi connectivity index (χ0n) is 12.4. The third kappa shape index (κ3) is 4.03. The smallest absolute Gasteiger partial charge is 0.251 e. The van der Waals surface area contributed by atoms with Gasteiger partial charge in [0.05, 0.1) is 0 Å². The number of amides is 1. The maximum Gasteiger partial charge on any atom is 0.251 e. The van der Waals surface area contributed by atoms with Gasteiger partial charge in [-0.25, -0.2) is 0 Å². The van der Waals surface area contributed by atoms with Crippen molar-refractivity contribution in [3.8, 4) is 0 Å². The number of nitrogens with zero attached hydrogens (tertiary/aromatic N) is 3. The van der Waals surface area contributed by atoms with Crippen molar-refractivity contribution in [3.63, 3.8) is 0 Å². The van der Waals surface area contributed by atoms with Crippen molar-refractivity contribution in [3.05, 3.63) is 11.7 Å². The summed E-state index contributed by atoms with van der Waals surface area (Å²) in [4.78, 5) is 17.8. The van der Waals surface area contributed by atoms with Crippen molar-refractivity contribution in [1.82, 2.24) is 15.0 Å². The van der Waals surface area contributed by atoms with Crippen LogP contribution in [-0.2, 0) is 11.2 Å². The van der Waals surface area contributed by atoms with E-state index in [-0.39, 0.29) is 5.91 Å². The van der Waals surface area contributed by atoms with Gasteiger partial charge < -0.3 is 14.5 Å². The molecule has 1 unspecified atom stereocenters. The average molecular weight is 281 g/mol. The van der Waals surface area contributed by atoms with Crippen molar-refractivity contribution in [2.45, 2.75) is 51.6 Å². The topological polar surface area (TPSA) is 79.5 Å². The molecule has 0 bridgehead atoms. The molecule has 1 atom stereocenters. The Morgan fingerprint density at radius 3 is 2.80 bits per heavy atom. The summed E-state index contributed by atoms with van der Waals surface area (Å²) >= 11 is 0. The molecule has 20 heavy (non-hydrogen) atoms. The Bertz CT molecular complexity index is 454. The largest absolute Gasteiger partial charge is 0.383 e. The molecular weight excluding hydrogens is 258 g/mol. The van der Waals surface area contributed by atoms with Crippen molar-refractivity contribution in [2.24, 2.45) is 5.92 Å². The molecule has 2 rings (SSSR count). The maximum absolute atomic E-state index is 11.9. The van der Waals surface area contributed by atoms with Crippen LogP contribution in [0.25, 0.3) is 0 Å². The van der Waals surface area contributed by atoms with Gasteiger partial charge in [0, 0.05) is 25.9 Å². The first kappa shape index (κ1) is 15.0. The molecule has 1 N–H and O–H groups in total. The molecule has 1 saturated carbocycles. The number of aliphatic hydroxyl groups excluding tert-OH is 1. The summed E-state index contributed by atoms with van der Waals surface area (Å²) in [6.07, 6.45) is 2.36. The summed E-state index contributed by atoms with van der Waals surface area (Å²) in [7, 11) is 1.69. The van der Waals surface area contributed by atoms with E-state index in [4.69, 9.17) is 4.52 Å². The fraction of sp³-hybridized carbons (Fsp3) is 0.786. The van der Waals surface area contributed by atoms with Gasteiger partial charge in [0.1, 0.15) is 6.10 Å². The van der Waals surface area contributed by atoms with Crippen LogP contribution in [0.3, 0.4) is 0 Å². The number of rotatable bonds is 7. The lowest BCUT2D eigenvalue weighted by atomic mass is 10.1. The normalized spacial score (nSPS) is 16.4. The highest BCUT2D eigenvalue weighted by molar-refractivity contribution is 5.80. The van der Waals surface area contributed by atoms with Gasteiger partial charge in [0.2, 0.25) is 5.89 Å². The molecule has 0 aromatic carbocycles. The number of aliphatic hydroxyl groups is 1. The second-order valence-electron chi connectivity index (χ2n) is 5.98. The van der Waals surface area contributed by atoms with E-state index in [2.05, 4.69) is 10.1 Å². The Morgan fingerprint density at radius 1 is 1.50 bits per heavy atom. The highest BCUT2D eigenvalue weighted by Crippen LogP contribution is 2.38. The Balaban J connectivity index is 1.78. The van der Waals surface area contributed by atoms with E-state index in [1.165, 1.54) is 4.90 Å². The summed E-state index contributed by atoms with van der Waals surface area (Å²) in [6, 6.07) is 0. The van der Waals surface area contributed by atoms with Gasteiger partial charge in [-0.3, -0.25) is 4.79 Å². The molecule has 1 aliphatic carbocycles. The Morgan fingerprint density at radius 2 is 2.20 bits per heavy atom. The molecular formula is C14H23N3O3. The number of hydrogen-bond donors (Lipinski definition) is 1. The van der Waals surface area contributed by atoms with E-state index in [9.17, 15) is 9.90 Å². The second kappa shape index (κ2) is 6.35. The van der Waals surface area contributed by atoms with Crippen molar-refractivity contribution in [2.75, 3.05) is 13.6 Å². The van der Waals surface area contributed by atoms with Crippen LogP contribution in [0, 0.1) is 5.92 Å². The van der Waals surface area contributed by atoms with Crippen LogP contribution < -0.4 is 0 Å². The number of likely N-dealkylation sites (N-methyl/N-ethyl adjacent to an activating group) is 1. The van der Waals surface area contributed by atoms with Crippen molar-refractivity contribution >= 4 is 5.91 Å². The molecule has 1 aromatic heterocycles. The van der Waals surface area contributed by atoms with E-state index in [0.717, 1.165) is 12.8 Å². The number of hydrogen-bond acceptors (Lipinski definition) is 5. The minimum absolute atomic E-state index is 0.246. The summed E-state index contributed by atoms with van der Waals surface area (Å²) in [5.41, 5.74) is 0. The van der Waals surface area contributed by atoms with Gasteiger partial charge in [-0.1, -0.05) is 19.0 Å². The van der Waals surface area contributed by atoms with Gasteiger partial charge in [-0.15, -0.1) is 0 Å². The van der Waals surface area contributed by atoms with Gasteiger partial charge in [-0.05, 0) is 25.2 Å². The van der Waals surface area contributed by atoms with Crippen LogP contribution >= 0.6 is 0 Å². The van der Waals surface area contributed by atoms with Crippen LogP contribution in [0.4, 0.5) is 0 Å². The van der Waals surface area contributed by atoms with Crippen LogP contribution in [-0.4, -0.2) is 45.8 Å². The molecule has 6 nitrogen and oxygen atoms in total. The monoisotopic (exact) mass is 281 g/mol.